The predicted octanol–water partition coefficient (Wildman–Crippen LogP) is 2.90. The molecule has 0 aromatic heterocycles. The van der Waals surface area contributed by atoms with Crippen LogP contribution in [0.4, 0.5) is 4.79 Å². The molecule has 0 aliphatic carbocycles. The van der Waals surface area contributed by atoms with Crippen LogP contribution in [-0.2, 0) is 16.0 Å². The quantitative estimate of drug-likeness (QED) is 0.857. The summed E-state index contributed by atoms with van der Waals surface area (Å²) < 4.78 is 5.38. The number of ether oxygens (including phenoxy) is 1. The number of nitrogens with zero attached hydrogens (tertiary/aromatic N) is 1. The van der Waals surface area contributed by atoms with Crippen LogP contribution in [0.15, 0.2) is 24.3 Å². The van der Waals surface area contributed by atoms with Crippen LogP contribution >= 0.6 is 0 Å². The van der Waals surface area contributed by atoms with Gasteiger partial charge in [0.15, 0.2) is 0 Å². The normalized spacial score (nSPS) is 20.7. The van der Waals surface area contributed by atoms with Crippen LogP contribution in [0.25, 0.3) is 0 Å². The van der Waals surface area contributed by atoms with Crippen molar-refractivity contribution in [1.29, 1.82) is 0 Å². The topological polar surface area (TPSA) is 83.9 Å². The number of amides is 1. The number of carbonyl (C=O) groups excluding carboxylic acids is 2. The van der Waals surface area contributed by atoms with Crippen molar-refractivity contribution in [2.24, 2.45) is 0 Å². The highest BCUT2D eigenvalue weighted by molar-refractivity contribution is 5.86. The van der Waals surface area contributed by atoms with Gasteiger partial charge in [0.05, 0.1) is 0 Å². The smallest absolute Gasteiger partial charge is 0.411 e. The number of hydrogen-bond donors (Lipinski definition) is 1. The van der Waals surface area contributed by atoms with Gasteiger partial charge >= 0.3 is 12.1 Å². The lowest BCUT2D eigenvalue weighted by atomic mass is 9.86. The van der Waals surface area contributed by atoms with E-state index in [9.17, 15) is 19.5 Å². The molecule has 6 nitrogen and oxygen atoms in total. The molecular weight excluding hydrogens is 310 g/mol. The van der Waals surface area contributed by atoms with Crippen LogP contribution in [0.3, 0.4) is 0 Å². The van der Waals surface area contributed by atoms with Gasteiger partial charge in [-0.1, -0.05) is 24.3 Å². The molecule has 1 aromatic rings. The van der Waals surface area contributed by atoms with Crippen molar-refractivity contribution in [2.75, 3.05) is 6.54 Å². The first-order valence-electron chi connectivity index (χ1n) is 7.97. The highest BCUT2D eigenvalue weighted by atomic mass is 16.6. The molecule has 1 heterocycles. The highest BCUT2D eigenvalue weighted by Crippen LogP contribution is 2.35. The minimum atomic E-state index is -1.39. The maximum atomic E-state index is 12.5. The summed E-state index contributed by atoms with van der Waals surface area (Å²) in [5.41, 5.74) is -1.04. The Morgan fingerprint density at radius 1 is 1.33 bits per heavy atom. The molecule has 1 aliphatic heterocycles. The van der Waals surface area contributed by atoms with Gasteiger partial charge in [0.1, 0.15) is 17.4 Å². The predicted molar refractivity (Wildman–Crippen MR) is 88.1 cm³/mol. The molecule has 1 fully saturated rings. The van der Waals surface area contributed by atoms with Crippen molar-refractivity contribution in [2.45, 2.75) is 51.2 Å². The molecule has 1 amide bonds. The van der Waals surface area contributed by atoms with Gasteiger partial charge in [-0.15, -0.1) is 0 Å². The first kappa shape index (κ1) is 18.0. The first-order valence-corrected chi connectivity index (χ1v) is 7.97. The number of aldehydes is 1. The van der Waals surface area contributed by atoms with Crippen LogP contribution in [0, 0.1) is 0 Å². The van der Waals surface area contributed by atoms with Crippen molar-refractivity contribution in [3.8, 4) is 0 Å². The summed E-state index contributed by atoms with van der Waals surface area (Å²) >= 11 is 0. The van der Waals surface area contributed by atoms with E-state index in [-0.39, 0.29) is 6.42 Å². The van der Waals surface area contributed by atoms with Crippen LogP contribution in [0.2, 0.25) is 0 Å². The molecule has 2 rings (SSSR count). The molecule has 0 saturated carbocycles. The molecule has 0 bridgehead atoms. The van der Waals surface area contributed by atoms with E-state index in [1.165, 1.54) is 4.90 Å². The maximum absolute atomic E-state index is 12.5. The van der Waals surface area contributed by atoms with Gasteiger partial charge in [-0.3, -0.25) is 9.69 Å². The van der Waals surface area contributed by atoms with E-state index in [1.54, 1.807) is 45.0 Å². The Kier molecular flexibility index (Phi) is 4.96. The molecule has 0 radical (unpaired) electrons. The highest BCUT2D eigenvalue weighted by Gasteiger charge is 2.51. The van der Waals surface area contributed by atoms with Crippen molar-refractivity contribution in [3.05, 3.63) is 35.4 Å². The lowest BCUT2D eigenvalue weighted by Gasteiger charge is -2.36. The molecule has 1 saturated heterocycles. The molecule has 1 N–H and O–H groups in total. The number of carboxylic acid groups (broad SMARTS) is 1. The van der Waals surface area contributed by atoms with E-state index in [0.29, 0.717) is 36.8 Å². The van der Waals surface area contributed by atoms with Crippen LogP contribution in [0.5, 0.6) is 0 Å². The summed E-state index contributed by atoms with van der Waals surface area (Å²) in [6, 6.07) is 6.84. The molecular formula is C18H23NO5. The van der Waals surface area contributed by atoms with E-state index >= 15 is 0 Å². The lowest BCUT2D eigenvalue weighted by Crippen LogP contribution is -2.55. The number of carboxylic acids is 1. The van der Waals surface area contributed by atoms with E-state index in [0.717, 1.165) is 0 Å². The molecule has 1 unspecified atom stereocenters. The second-order valence-electron chi connectivity index (χ2n) is 7.07. The molecule has 1 atom stereocenters. The van der Waals surface area contributed by atoms with Crippen molar-refractivity contribution in [3.63, 3.8) is 0 Å². The zero-order valence-corrected chi connectivity index (χ0v) is 14.2. The number of aliphatic carboxylic acids is 1. The van der Waals surface area contributed by atoms with Gasteiger partial charge in [0.25, 0.3) is 0 Å². The summed E-state index contributed by atoms with van der Waals surface area (Å²) in [6.07, 6.45) is 1.06. The van der Waals surface area contributed by atoms with Crippen LogP contribution in [0.1, 0.15) is 49.5 Å². The van der Waals surface area contributed by atoms with Gasteiger partial charge in [0, 0.05) is 18.5 Å². The third-order valence-electron chi connectivity index (χ3n) is 4.17. The van der Waals surface area contributed by atoms with Gasteiger partial charge in [-0.25, -0.2) is 9.59 Å². The number of rotatable bonds is 4. The fourth-order valence-corrected chi connectivity index (χ4v) is 3.07. The Morgan fingerprint density at radius 2 is 2.00 bits per heavy atom. The first-order chi connectivity index (χ1) is 11.2. The summed E-state index contributed by atoms with van der Waals surface area (Å²) in [5.74, 6) is -1.08. The maximum Gasteiger partial charge on any atom is 0.411 e. The number of likely N-dealkylation sites (tertiary alicyclic amines) is 1. The monoisotopic (exact) mass is 333 g/mol. The molecule has 0 spiro atoms. The molecule has 130 valence electrons. The average molecular weight is 333 g/mol. The third-order valence-corrected chi connectivity index (χ3v) is 4.17. The Hall–Kier alpha value is -2.37. The minimum absolute atomic E-state index is 0.0799. The standard InChI is InChI=1S/C18H23NO5/c1-17(2,3)24-16(23)19-10-6-9-18(19,15(21)22)11-13-7-4-5-8-14(13)12-20/h4-5,7-8,12H,6,9-11H2,1-3H3,(H,21,22). The Balaban J connectivity index is 2.37. The lowest BCUT2D eigenvalue weighted by molar-refractivity contribution is -0.149. The van der Waals surface area contributed by atoms with Gasteiger partial charge < -0.3 is 9.84 Å². The Labute approximate surface area is 141 Å². The van der Waals surface area contributed by atoms with Crippen molar-refractivity contribution in [1.82, 2.24) is 4.90 Å². The fourth-order valence-electron chi connectivity index (χ4n) is 3.07. The molecule has 1 aliphatic rings. The second kappa shape index (κ2) is 6.63. The fraction of sp³-hybridized carbons (Fsp3) is 0.500. The summed E-state index contributed by atoms with van der Waals surface area (Å²) in [4.78, 5) is 37.1. The molecule has 1 aromatic carbocycles. The van der Waals surface area contributed by atoms with Gasteiger partial charge in [-0.2, -0.15) is 0 Å². The zero-order chi connectivity index (χ0) is 18.0. The van der Waals surface area contributed by atoms with E-state index < -0.39 is 23.2 Å². The summed E-state index contributed by atoms with van der Waals surface area (Å²) in [6.45, 7) is 5.55. The van der Waals surface area contributed by atoms with Gasteiger partial charge in [-0.05, 0) is 39.2 Å². The van der Waals surface area contributed by atoms with E-state index in [1.807, 2.05) is 0 Å². The molecule has 6 heteroatoms. The van der Waals surface area contributed by atoms with E-state index in [4.69, 9.17) is 4.74 Å². The van der Waals surface area contributed by atoms with Crippen molar-refractivity contribution >= 4 is 18.3 Å². The number of benzene rings is 1. The minimum Gasteiger partial charge on any atom is -0.479 e. The number of hydrogen-bond acceptors (Lipinski definition) is 4. The van der Waals surface area contributed by atoms with E-state index in [2.05, 4.69) is 0 Å². The Morgan fingerprint density at radius 3 is 2.58 bits per heavy atom. The largest absolute Gasteiger partial charge is 0.479 e. The summed E-state index contributed by atoms with van der Waals surface area (Å²) in [7, 11) is 0. The average Bonchev–Trinajstić information content (AvgIpc) is 2.91. The zero-order valence-electron chi connectivity index (χ0n) is 14.2. The second-order valence-corrected chi connectivity index (χ2v) is 7.07. The third kappa shape index (κ3) is 3.58. The number of carbonyl (C=O) groups is 3. The van der Waals surface area contributed by atoms with Crippen LogP contribution < -0.4 is 0 Å². The molecule has 24 heavy (non-hydrogen) atoms. The SMILES string of the molecule is CC(C)(C)OC(=O)N1CCCC1(Cc1ccccc1C=O)C(=O)O. The van der Waals surface area contributed by atoms with Gasteiger partial charge in [0.2, 0.25) is 0 Å². The van der Waals surface area contributed by atoms with Crippen LogP contribution in [-0.4, -0.2) is 46.0 Å². The Bertz CT molecular complexity index is 649. The summed E-state index contributed by atoms with van der Waals surface area (Å²) in [5, 5.41) is 9.87. The van der Waals surface area contributed by atoms with Crippen molar-refractivity contribution < 1.29 is 24.2 Å².